The third-order valence-electron chi connectivity index (χ3n) is 4.41. The third kappa shape index (κ3) is 6.05. The highest BCUT2D eigenvalue weighted by atomic mass is 32.1. The number of benzene rings is 1. The first-order valence-electron chi connectivity index (χ1n) is 9.43. The summed E-state index contributed by atoms with van der Waals surface area (Å²) in [5.74, 6) is 3.12. The fourth-order valence-electron chi connectivity index (χ4n) is 2.91. The van der Waals surface area contributed by atoms with Crippen LogP contribution in [0.25, 0.3) is 0 Å². The number of rotatable bonds is 10. The lowest BCUT2D eigenvalue weighted by Crippen LogP contribution is -2.40. The summed E-state index contributed by atoms with van der Waals surface area (Å²) < 4.78 is 16.4. The van der Waals surface area contributed by atoms with Crippen molar-refractivity contribution in [2.24, 2.45) is 4.99 Å². The van der Waals surface area contributed by atoms with Gasteiger partial charge in [-0.1, -0.05) is 6.07 Å². The van der Waals surface area contributed by atoms with Crippen LogP contribution >= 0.6 is 11.3 Å². The maximum atomic E-state index is 5.53. The number of nitrogens with one attached hydrogen (secondary N) is 1. The summed E-state index contributed by atoms with van der Waals surface area (Å²) in [6.07, 6.45) is 1.72. The number of nitrogens with zero attached hydrogens (tertiary/aromatic N) is 2. The van der Waals surface area contributed by atoms with Crippen LogP contribution in [0, 0.1) is 0 Å². The fraction of sp³-hybridized carbons (Fsp3) is 0.476. The minimum Gasteiger partial charge on any atom is -0.496 e. The molecule has 0 spiro atoms. The predicted octanol–water partition coefficient (Wildman–Crippen LogP) is 3.46. The van der Waals surface area contributed by atoms with Gasteiger partial charge in [0.2, 0.25) is 0 Å². The van der Waals surface area contributed by atoms with Gasteiger partial charge in [0.05, 0.1) is 21.3 Å². The van der Waals surface area contributed by atoms with Crippen molar-refractivity contribution in [1.29, 1.82) is 0 Å². The molecule has 154 valence electrons. The largest absolute Gasteiger partial charge is 0.496 e. The fourth-order valence-corrected chi connectivity index (χ4v) is 3.60. The minimum atomic E-state index is 0.630. The highest BCUT2D eigenvalue weighted by molar-refractivity contribution is 7.09. The van der Waals surface area contributed by atoms with Gasteiger partial charge in [0.25, 0.3) is 0 Å². The van der Waals surface area contributed by atoms with E-state index < -0.39 is 0 Å². The zero-order chi connectivity index (χ0) is 20.4. The highest BCUT2D eigenvalue weighted by Crippen LogP contribution is 2.34. The zero-order valence-electron chi connectivity index (χ0n) is 17.4. The second kappa shape index (κ2) is 11.4. The van der Waals surface area contributed by atoms with Crippen molar-refractivity contribution in [3.05, 3.63) is 40.1 Å². The monoisotopic (exact) mass is 405 g/mol. The van der Waals surface area contributed by atoms with Gasteiger partial charge in [-0.15, -0.1) is 11.3 Å². The molecule has 0 amide bonds. The summed E-state index contributed by atoms with van der Waals surface area (Å²) in [5.41, 5.74) is 0.992. The maximum absolute atomic E-state index is 5.53. The summed E-state index contributed by atoms with van der Waals surface area (Å²) in [6, 6.07) is 8.01. The zero-order valence-corrected chi connectivity index (χ0v) is 18.3. The van der Waals surface area contributed by atoms with Gasteiger partial charge >= 0.3 is 0 Å². The van der Waals surface area contributed by atoms with E-state index in [4.69, 9.17) is 19.2 Å². The second-order valence-electron chi connectivity index (χ2n) is 6.25. The smallest absolute Gasteiger partial charge is 0.193 e. The van der Waals surface area contributed by atoms with Crippen LogP contribution in [0.2, 0.25) is 0 Å². The molecule has 0 aliphatic heterocycles. The highest BCUT2D eigenvalue weighted by Gasteiger charge is 2.13. The van der Waals surface area contributed by atoms with Crippen molar-refractivity contribution in [1.82, 2.24) is 10.2 Å². The summed E-state index contributed by atoms with van der Waals surface area (Å²) in [7, 11) is 7.02. The Morgan fingerprint density at radius 2 is 1.82 bits per heavy atom. The molecule has 6 nitrogen and oxygen atoms in total. The SMILES string of the molecule is CCNC(=NCCc1c(OC)cc(OC)cc1OC)N(C)CCc1cccs1. The normalized spacial score (nSPS) is 11.2. The lowest BCUT2D eigenvalue weighted by molar-refractivity contribution is 0.369. The van der Waals surface area contributed by atoms with Crippen LogP contribution in [0.4, 0.5) is 0 Å². The lowest BCUT2D eigenvalue weighted by atomic mass is 10.1. The van der Waals surface area contributed by atoms with E-state index in [9.17, 15) is 0 Å². The molecule has 1 heterocycles. The first kappa shape index (κ1) is 21.9. The Hall–Kier alpha value is -2.41. The number of hydrogen-bond donors (Lipinski definition) is 1. The topological polar surface area (TPSA) is 55.3 Å². The Kier molecular flexibility index (Phi) is 8.94. The summed E-state index contributed by atoms with van der Waals surface area (Å²) in [5, 5.41) is 5.49. The Morgan fingerprint density at radius 1 is 1.11 bits per heavy atom. The second-order valence-corrected chi connectivity index (χ2v) is 7.28. The number of aliphatic imine (C=N–C) groups is 1. The Morgan fingerprint density at radius 3 is 2.36 bits per heavy atom. The molecule has 7 heteroatoms. The molecular weight excluding hydrogens is 374 g/mol. The van der Waals surface area contributed by atoms with Gasteiger partial charge in [-0.3, -0.25) is 4.99 Å². The molecule has 0 saturated heterocycles. The summed E-state index contributed by atoms with van der Waals surface area (Å²) in [4.78, 5) is 8.35. The molecule has 1 N–H and O–H groups in total. The molecule has 0 fully saturated rings. The van der Waals surface area contributed by atoms with Crippen molar-refractivity contribution >= 4 is 17.3 Å². The van der Waals surface area contributed by atoms with Gasteiger partial charge in [-0.2, -0.15) is 0 Å². The molecule has 2 aromatic rings. The van der Waals surface area contributed by atoms with Gasteiger partial charge in [0, 0.05) is 49.3 Å². The molecule has 0 bridgehead atoms. The van der Waals surface area contributed by atoms with E-state index in [0.29, 0.717) is 18.7 Å². The summed E-state index contributed by atoms with van der Waals surface area (Å²) >= 11 is 1.79. The van der Waals surface area contributed by atoms with E-state index in [2.05, 4.69) is 41.7 Å². The number of methoxy groups -OCH3 is 3. The molecular formula is C21H31N3O3S. The summed E-state index contributed by atoms with van der Waals surface area (Å²) in [6.45, 7) is 4.46. The van der Waals surface area contributed by atoms with E-state index in [1.807, 2.05) is 12.1 Å². The van der Waals surface area contributed by atoms with Crippen LogP contribution in [0.3, 0.4) is 0 Å². The third-order valence-corrected chi connectivity index (χ3v) is 5.35. The van der Waals surface area contributed by atoms with Gasteiger partial charge < -0.3 is 24.4 Å². The van der Waals surface area contributed by atoms with Gasteiger partial charge in [0.1, 0.15) is 17.2 Å². The van der Waals surface area contributed by atoms with Crippen LogP contribution in [-0.2, 0) is 12.8 Å². The first-order valence-corrected chi connectivity index (χ1v) is 10.3. The van der Waals surface area contributed by atoms with Crippen molar-refractivity contribution in [3.63, 3.8) is 0 Å². The Balaban J connectivity index is 2.06. The predicted molar refractivity (Wildman–Crippen MR) is 116 cm³/mol. The molecule has 1 aromatic carbocycles. The molecule has 0 atom stereocenters. The quantitative estimate of drug-likeness (QED) is 0.485. The average Bonchev–Trinajstić information content (AvgIpc) is 3.24. The van der Waals surface area contributed by atoms with Crippen molar-refractivity contribution in [2.75, 3.05) is 48.0 Å². The Bertz CT molecular complexity index is 722. The number of likely N-dealkylation sites (N-methyl/N-ethyl adjacent to an activating group) is 1. The van der Waals surface area contributed by atoms with E-state index in [-0.39, 0.29) is 0 Å². The molecule has 2 rings (SSSR count). The minimum absolute atomic E-state index is 0.630. The molecule has 0 aliphatic carbocycles. The first-order chi connectivity index (χ1) is 13.6. The van der Waals surface area contributed by atoms with Crippen LogP contribution in [0.1, 0.15) is 17.4 Å². The van der Waals surface area contributed by atoms with Crippen molar-refractivity contribution in [2.45, 2.75) is 19.8 Å². The van der Waals surface area contributed by atoms with Crippen LogP contribution < -0.4 is 19.5 Å². The Labute approximate surface area is 172 Å². The van der Waals surface area contributed by atoms with E-state index >= 15 is 0 Å². The van der Waals surface area contributed by atoms with Crippen molar-refractivity contribution < 1.29 is 14.2 Å². The number of hydrogen-bond acceptors (Lipinski definition) is 5. The number of thiophene rings is 1. The standard InChI is InChI=1S/C21H31N3O3S/c1-6-22-21(24(2)12-10-17-8-7-13-28-17)23-11-9-18-19(26-4)14-16(25-3)15-20(18)27-5/h7-8,13-15H,6,9-12H2,1-5H3,(H,22,23). The lowest BCUT2D eigenvalue weighted by Gasteiger charge is -2.22. The maximum Gasteiger partial charge on any atom is 0.193 e. The molecule has 0 aliphatic rings. The van der Waals surface area contributed by atoms with Gasteiger partial charge in [-0.25, -0.2) is 0 Å². The average molecular weight is 406 g/mol. The van der Waals surface area contributed by atoms with Crippen LogP contribution in [0.5, 0.6) is 17.2 Å². The molecule has 0 saturated carbocycles. The van der Waals surface area contributed by atoms with E-state index in [0.717, 1.165) is 42.5 Å². The van der Waals surface area contributed by atoms with Gasteiger partial charge in [0.15, 0.2) is 5.96 Å². The molecule has 28 heavy (non-hydrogen) atoms. The van der Waals surface area contributed by atoms with Crippen LogP contribution in [-0.4, -0.2) is 58.9 Å². The molecule has 0 unspecified atom stereocenters. The number of guanidine groups is 1. The van der Waals surface area contributed by atoms with E-state index in [1.54, 1.807) is 32.7 Å². The molecule has 0 radical (unpaired) electrons. The van der Waals surface area contributed by atoms with Crippen molar-refractivity contribution in [3.8, 4) is 17.2 Å². The van der Waals surface area contributed by atoms with E-state index in [1.165, 1.54) is 4.88 Å². The van der Waals surface area contributed by atoms with Gasteiger partial charge in [-0.05, 0) is 31.2 Å². The van der Waals surface area contributed by atoms with Crippen LogP contribution in [0.15, 0.2) is 34.6 Å². The molecule has 1 aromatic heterocycles. The number of ether oxygens (including phenoxy) is 3.